The maximum absolute atomic E-state index is 11.8. The predicted molar refractivity (Wildman–Crippen MR) is 89.4 cm³/mol. The molecule has 0 saturated carbocycles. The fourth-order valence-corrected chi connectivity index (χ4v) is 3.49. The molecule has 3 aromatic rings. The third-order valence-corrected chi connectivity index (χ3v) is 4.89. The second-order valence-corrected chi connectivity index (χ2v) is 7.21. The topological polar surface area (TPSA) is 86.1 Å². The lowest BCUT2D eigenvalue weighted by Gasteiger charge is -2.16. The van der Waals surface area contributed by atoms with Gasteiger partial charge in [0.15, 0.2) is 5.82 Å². The first-order valence-corrected chi connectivity index (χ1v) is 9.03. The summed E-state index contributed by atoms with van der Waals surface area (Å²) in [4.78, 5) is 0. The van der Waals surface area contributed by atoms with Crippen molar-refractivity contribution in [2.24, 2.45) is 0 Å². The van der Waals surface area contributed by atoms with Crippen molar-refractivity contribution in [3.05, 3.63) is 54.6 Å². The maximum Gasteiger partial charge on any atom is 0.235 e. The quantitative estimate of drug-likeness (QED) is 0.790. The Labute approximate surface area is 138 Å². The van der Waals surface area contributed by atoms with Gasteiger partial charge in [0.25, 0.3) is 0 Å². The molecule has 4 rings (SSSR count). The number of aryl methyl sites for hydroxylation is 1. The molecule has 2 aromatic carbocycles. The molecule has 24 heavy (non-hydrogen) atoms. The molecule has 0 amide bonds. The summed E-state index contributed by atoms with van der Waals surface area (Å²) in [5.41, 5.74) is 1.27. The molecule has 0 aliphatic carbocycles. The highest BCUT2D eigenvalue weighted by Crippen LogP contribution is 2.30. The number of hydrogen-bond acceptors (Lipinski definition) is 5. The van der Waals surface area contributed by atoms with Crippen LogP contribution in [0.2, 0.25) is 0 Å². The number of sulfonamides is 1. The molecule has 2 heterocycles. The summed E-state index contributed by atoms with van der Waals surface area (Å²) in [6.45, 7) is 0.298. The van der Waals surface area contributed by atoms with Crippen LogP contribution in [-0.2, 0) is 16.6 Å². The van der Waals surface area contributed by atoms with E-state index >= 15 is 0 Å². The van der Waals surface area contributed by atoms with Gasteiger partial charge < -0.3 is 4.74 Å². The number of para-hydroxylation sites is 1. The van der Waals surface area contributed by atoms with Crippen molar-refractivity contribution in [1.82, 2.24) is 15.0 Å². The van der Waals surface area contributed by atoms with E-state index in [1.54, 1.807) is 4.68 Å². The number of nitrogens with one attached hydrogen (secondary N) is 1. The first-order chi connectivity index (χ1) is 11.6. The Balaban J connectivity index is 1.61. The van der Waals surface area contributed by atoms with Crippen LogP contribution < -0.4 is 9.46 Å². The molecule has 7 nitrogen and oxygen atoms in total. The molecule has 1 aromatic heterocycles. The number of anilines is 1. The molecule has 0 atom stereocenters. The van der Waals surface area contributed by atoms with Gasteiger partial charge in [0.2, 0.25) is 10.0 Å². The van der Waals surface area contributed by atoms with Crippen LogP contribution in [-0.4, -0.2) is 29.2 Å². The molecular formula is C16H14N4O3S. The third kappa shape index (κ3) is 2.83. The van der Waals surface area contributed by atoms with Gasteiger partial charge in [0.1, 0.15) is 17.2 Å². The van der Waals surface area contributed by atoms with Gasteiger partial charge in [0.05, 0.1) is 12.3 Å². The van der Waals surface area contributed by atoms with E-state index in [9.17, 15) is 8.42 Å². The molecule has 0 unspecified atom stereocenters. The van der Waals surface area contributed by atoms with Gasteiger partial charge in [-0.1, -0.05) is 23.4 Å². The van der Waals surface area contributed by atoms with Crippen LogP contribution in [0.15, 0.2) is 54.6 Å². The summed E-state index contributed by atoms with van der Waals surface area (Å²) >= 11 is 0. The number of hydrogen-bond donors (Lipinski definition) is 1. The minimum atomic E-state index is -3.32. The van der Waals surface area contributed by atoms with Gasteiger partial charge in [-0.15, -0.1) is 5.10 Å². The fourth-order valence-electron chi connectivity index (χ4n) is 2.48. The smallest absolute Gasteiger partial charge is 0.235 e. The van der Waals surface area contributed by atoms with Crippen molar-refractivity contribution in [3.8, 4) is 22.8 Å². The Morgan fingerprint density at radius 3 is 2.46 bits per heavy atom. The van der Waals surface area contributed by atoms with Crippen LogP contribution >= 0.6 is 0 Å². The molecule has 122 valence electrons. The van der Waals surface area contributed by atoms with Gasteiger partial charge in [-0.2, -0.15) is 0 Å². The van der Waals surface area contributed by atoms with Gasteiger partial charge in [0, 0.05) is 5.56 Å². The summed E-state index contributed by atoms with van der Waals surface area (Å²) in [6.07, 6.45) is 0. The highest BCUT2D eigenvalue weighted by Gasteiger charge is 2.25. The molecule has 1 aliphatic heterocycles. The Morgan fingerprint density at radius 2 is 1.71 bits per heavy atom. The second-order valence-electron chi connectivity index (χ2n) is 5.37. The molecular weight excluding hydrogens is 328 g/mol. The highest BCUT2D eigenvalue weighted by atomic mass is 32.2. The molecule has 0 fully saturated rings. The number of fused-ring (bicyclic) bond motifs is 1. The molecule has 0 radical (unpaired) electrons. The lowest BCUT2D eigenvalue weighted by molar-refractivity contribution is 0.483. The third-order valence-electron chi connectivity index (χ3n) is 3.67. The van der Waals surface area contributed by atoms with Crippen molar-refractivity contribution in [1.29, 1.82) is 0 Å². The molecule has 8 heteroatoms. The van der Waals surface area contributed by atoms with Gasteiger partial charge in [-0.3, -0.25) is 4.72 Å². The van der Waals surface area contributed by atoms with Crippen molar-refractivity contribution < 1.29 is 13.2 Å². The molecule has 1 N–H and O–H groups in total. The van der Waals surface area contributed by atoms with Crippen molar-refractivity contribution in [3.63, 3.8) is 0 Å². The minimum absolute atomic E-state index is 0.00660. The van der Waals surface area contributed by atoms with Crippen LogP contribution in [0.25, 0.3) is 11.3 Å². The molecule has 0 spiro atoms. The predicted octanol–water partition coefficient (Wildman–Crippen LogP) is 2.49. The Hall–Kier alpha value is -2.87. The molecule has 0 bridgehead atoms. The number of ether oxygens (including phenoxy) is 1. The highest BCUT2D eigenvalue weighted by molar-refractivity contribution is 7.92. The largest absolute Gasteiger partial charge is 0.457 e. The SMILES string of the molecule is O=S1(=O)CCn2nnc(-c3ccc(Oc4ccccc4)cc3)c2N1. The average molecular weight is 342 g/mol. The first kappa shape index (κ1) is 14.7. The zero-order chi connectivity index (χ0) is 16.6. The first-order valence-electron chi connectivity index (χ1n) is 7.38. The number of aromatic nitrogens is 3. The van der Waals surface area contributed by atoms with Gasteiger partial charge in [-0.05, 0) is 36.4 Å². The van der Waals surface area contributed by atoms with Gasteiger partial charge >= 0.3 is 0 Å². The average Bonchev–Trinajstić information content (AvgIpc) is 2.98. The minimum Gasteiger partial charge on any atom is -0.457 e. The summed E-state index contributed by atoms with van der Waals surface area (Å²) in [6, 6.07) is 16.7. The maximum atomic E-state index is 11.8. The van der Waals surface area contributed by atoms with E-state index in [1.165, 1.54) is 0 Å². The molecule has 0 saturated heterocycles. The van der Waals surface area contributed by atoms with Crippen LogP contribution in [0.1, 0.15) is 0 Å². The summed E-state index contributed by atoms with van der Waals surface area (Å²) < 4.78 is 33.3. The standard InChI is InChI=1S/C16H14N4O3S/c21-24(22)11-10-20-16(18-24)15(17-19-20)12-6-8-14(9-7-12)23-13-4-2-1-3-5-13/h1-9,18H,10-11H2. The Kier molecular flexibility index (Phi) is 3.46. The van der Waals surface area contributed by atoms with Crippen molar-refractivity contribution >= 4 is 15.8 Å². The molecule has 1 aliphatic rings. The van der Waals surface area contributed by atoms with Crippen LogP contribution in [0, 0.1) is 0 Å². The van der Waals surface area contributed by atoms with E-state index in [0.29, 0.717) is 23.8 Å². The van der Waals surface area contributed by atoms with E-state index in [1.807, 2.05) is 54.6 Å². The van der Waals surface area contributed by atoms with Crippen LogP contribution in [0.3, 0.4) is 0 Å². The van der Waals surface area contributed by atoms with E-state index < -0.39 is 10.0 Å². The monoisotopic (exact) mass is 342 g/mol. The number of rotatable bonds is 3. The lowest BCUT2D eigenvalue weighted by atomic mass is 10.1. The fraction of sp³-hybridized carbons (Fsp3) is 0.125. The Bertz CT molecular complexity index is 966. The lowest BCUT2D eigenvalue weighted by Crippen LogP contribution is -2.28. The number of benzene rings is 2. The van der Waals surface area contributed by atoms with E-state index in [2.05, 4.69) is 15.0 Å². The number of nitrogens with zero attached hydrogens (tertiary/aromatic N) is 3. The summed E-state index contributed by atoms with van der Waals surface area (Å²) in [5.74, 6) is 1.84. The Morgan fingerprint density at radius 1 is 1.00 bits per heavy atom. The van der Waals surface area contributed by atoms with E-state index in [-0.39, 0.29) is 5.75 Å². The van der Waals surface area contributed by atoms with E-state index in [4.69, 9.17) is 4.74 Å². The van der Waals surface area contributed by atoms with Crippen molar-refractivity contribution in [2.75, 3.05) is 10.5 Å². The van der Waals surface area contributed by atoms with E-state index in [0.717, 1.165) is 11.3 Å². The van der Waals surface area contributed by atoms with Gasteiger partial charge in [-0.25, -0.2) is 13.1 Å². The summed E-state index contributed by atoms with van der Waals surface area (Å²) in [7, 11) is -3.32. The van der Waals surface area contributed by atoms with Crippen LogP contribution in [0.4, 0.5) is 5.82 Å². The normalized spacial score (nSPS) is 15.3. The zero-order valence-electron chi connectivity index (χ0n) is 12.6. The van der Waals surface area contributed by atoms with Crippen LogP contribution in [0.5, 0.6) is 11.5 Å². The zero-order valence-corrected chi connectivity index (χ0v) is 13.4. The second kappa shape index (κ2) is 5.64. The summed E-state index contributed by atoms with van der Waals surface area (Å²) in [5, 5.41) is 8.09. The van der Waals surface area contributed by atoms with Crippen molar-refractivity contribution in [2.45, 2.75) is 6.54 Å².